The Kier molecular flexibility index (Phi) is 9.58. The molecule has 3 unspecified atom stereocenters. The number of fused-ring (bicyclic) bond motifs is 3. The first-order valence-electron chi connectivity index (χ1n) is 16.9. The third kappa shape index (κ3) is 7.68. The Morgan fingerprint density at radius 1 is 1.00 bits per heavy atom. The van der Waals surface area contributed by atoms with Gasteiger partial charge in [0.1, 0.15) is 35.0 Å². The topological polar surface area (TPSA) is 160 Å². The molecule has 1 saturated carbocycles. The first-order valence-corrected chi connectivity index (χ1v) is 16.9. The van der Waals surface area contributed by atoms with E-state index in [2.05, 4.69) is 10.6 Å². The minimum atomic E-state index is -1.44. The summed E-state index contributed by atoms with van der Waals surface area (Å²) >= 11 is 0. The molecule has 5 atom stereocenters. The normalized spacial score (nSPS) is 26.7. The highest BCUT2D eigenvalue weighted by atomic mass is 16.6. The van der Waals surface area contributed by atoms with Crippen LogP contribution in [-0.4, -0.2) is 79.7 Å². The van der Waals surface area contributed by atoms with E-state index in [0.29, 0.717) is 29.6 Å². The number of hydrogen-bond acceptors (Lipinski definition) is 8. The Balaban J connectivity index is 1.33. The van der Waals surface area contributed by atoms with E-state index in [1.54, 1.807) is 20.8 Å². The summed E-state index contributed by atoms with van der Waals surface area (Å²) in [7, 11) is 0. The van der Waals surface area contributed by atoms with E-state index >= 15 is 0 Å². The van der Waals surface area contributed by atoms with Crippen LogP contribution in [0.2, 0.25) is 0 Å². The summed E-state index contributed by atoms with van der Waals surface area (Å²) in [6.07, 6.45) is 6.13. The van der Waals surface area contributed by atoms with Gasteiger partial charge < -0.3 is 30.1 Å². The van der Waals surface area contributed by atoms with Gasteiger partial charge >= 0.3 is 12.1 Å². The minimum Gasteiger partial charge on any atom is -0.479 e. The average Bonchev–Trinajstić information content (AvgIpc) is 3.60. The van der Waals surface area contributed by atoms with E-state index < -0.39 is 53.2 Å². The fourth-order valence-electron chi connectivity index (χ4n) is 6.60. The molecule has 2 aromatic carbocycles. The van der Waals surface area contributed by atoms with Gasteiger partial charge in [-0.3, -0.25) is 9.59 Å². The standard InChI is InChI=1S/C37H43N5O7/c1-36(2,3)49-35(47)40-28-19-11-6-4-5-10-16-24-21-37(24,34(45)46)41-31(43)29-20-25(22-42(29)33(28)44)48-32-30(23-14-8-7-9-15-23)38-26-17-12-13-18-27(26)39-32/h7-10,12-18,24-25,28-29H,4-6,11,19-22H2,1-3H3,(H,40,47)(H,41,43)(H,45,46)/b16-10-/t24?,25-,28-,29?,37?/m1/s1. The highest BCUT2D eigenvalue weighted by Crippen LogP contribution is 2.45. The van der Waals surface area contributed by atoms with Crippen molar-refractivity contribution in [1.29, 1.82) is 0 Å². The number of aliphatic carboxylic acids is 1. The molecule has 2 aliphatic heterocycles. The summed E-state index contributed by atoms with van der Waals surface area (Å²) in [5.41, 5.74) is 0.385. The molecule has 1 aliphatic carbocycles. The molecule has 2 fully saturated rings. The number of ether oxygens (including phenoxy) is 2. The molecule has 12 nitrogen and oxygen atoms in total. The van der Waals surface area contributed by atoms with Crippen LogP contribution in [0.5, 0.6) is 5.88 Å². The summed E-state index contributed by atoms with van der Waals surface area (Å²) in [5.74, 6) is -2.26. The molecule has 3 aromatic rings. The number of allylic oxidation sites excluding steroid dienone is 1. The van der Waals surface area contributed by atoms with Gasteiger partial charge in [-0.15, -0.1) is 0 Å². The molecule has 49 heavy (non-hydrogen) atoms. The maximum Gasteiger partial charge on any atom is 0.408 e. The predicted molar refractivity (Wildman–Crippen MR) is 182 cm³/mol. The number of carboxylic acids is 1. The van der Waals surface area contributed by atoms with E-state index in [-0.39, 0.29) is 31.2 Å². The molecule has 3 aliphatic rings. The first kappa shape index (κ1) is 33.9. The molecule has 0 bridgehead atoms. The molecule has 258 valence electrons. The van der Waals surface area contributed by atoms with Crippen LogP contribution in [-0.2, 0) is 19.1 Å². The Morgan fingerprint density at radius 3 is 2.43 bits per heavy atom. The number of alkyl carbamates (subject to hydrolysis) is 1. The van der Waals surface area contributed by atoms with Crippen molar-refractivity contribution in [3.8, 4) is 17.1 Å². The monoisotopic (exact) mass is 669 g/mol. The number of hydrogen-bond donors (Lipinski definition) is 3. The second kappa shape index (κ2) is 13.9. The largest absolute Gasteiger partial charge is 0.479 e. The minimum absolute atomic E-state index is 0.00948. The zero-order valence-electron chi connectivity index (χ0n) is 28.1. The molecule has 3 N–H and O–H groups in total. The lowest BCUT2D eigenvalue weighted by Crippen LogP contribution is -2.56. The van der Waals surface area contributed by atoms with E-state index in [9.17, 15) is 24.3 Å². The summed E-state index contributed by atoms with van der Waals surface area (Å²) in [5, 5.41) is 15.7. The number of para-hydroxylation sites is 2. The van der Waals surface area contributed by atoms with E-state index in [1.807, 2.05) is 66.7 Å². The van der Waals surface area contributed by atoms with Crippen LogP contribution < -0.4 is 15.4 Å². The van der Waals surface area contributed by atoms with Gasteiger partial charge in [0.2, 0.25) is 17.7 Å². The lowest BCUT2D eigenvalue weighted by Gasteiger charge is -2.30. The average molecular weight is 670 g/mol. The first-order chi connectivity index (χ1) is 23.4. The highest BCUT2D eigenvalue weighted by Gasteiger charge is 2.61. The summed E-state index contributed by atoms with van der Waals surface area (Å²) in [4.78, 5) is 64.8. The van der Waals surface area contributed by atoms with Gasteiger partial charge in [-0.1, -0.05) is 67.5 Å². The van der Waals surface area contributed by atoms with Crippen molar-refractivity contribution >= 4 is 34.9 Å². The van der Waals surface area contributed by atoms with Crippen LogP contribution in [0.15, 0.2) is 66.7 Å². The van der Waals surface area contributed by atoms with Crippen LogP contribution in [0.25, 0.3) is 22.3 Å². The van der Waals surface area contributed by atoms with Crippen LogP contribution in [0.1, 0.15) is 65.7 Å². The number of benzene rings is 2. The molecule has 3 heterocycles. The van der Waals surface area contributed by atoms with E-state index in [1.165, 1.54) is 4.90 Å². The zero-order chi connectivity index (χ0) is 34.8. The van der Waals surface area contributed by atoms with Crippen molar-refractivity contribution in [2.45, 2.75) is 95.0 Å². The van der Waals surface area contributed by atoms with Crippen molar-refractivity contribution in [2.75, 3.05) is 6.54 Å². The van der Waals surface area contributed by atoms with E-state index in [4.69, 9.17) is 19.4 Å². The van der Waals surface area contributed by atoms with Crippen LogP contribution >= 0.6 is 0 Å². The number of aromatic nitrogens is 2. The summed E-state index contributed by atoms with van der Waals surface area (Å²) < 4.78 is 12.0. The molecule has 6 rings (SSSR count). The molecule has 3 amide bonds. The third-order valence-corrected chi connectivity index (χ3v) is 9.18. The summed E-state index contributed by atoms with van der Waals surface area (Å²) in [6, 6.07) is 14.9. The van der Waals surface area contributed by atoms with Gasteiger partial charge in [-0.2, -0.15) is 0 Å². The van der Waals surface area contributed by atoms with Crippen LogP contribution in [0, 0.1) is 5.92 Å². The van der Waals surface area contributed by atoms with Crippen LogP contribution in [0.4, 0.5) is 4.79 Å². The molecule has 0 spiro atoms. The summed E-state index contributed by atoms with van der Waals surface area (Å²) in [6.45, 7) is 5.23. The fraction of sp³-hybridized carbons (Fsp3) is 0.459. The highest BCUT2D eigenvalue weighted by molar-refractivity contribution is 5.96. The molecule has 12 heteroatoms. The Bertz CT molecular complexity index is 1760. The Hall–Kier alpha value is -5.00. The van der Waals surface area contributed by atoms with Crippen molar-refractivity contribution in [3.63, 3.8) is 0 Å². The van der Waals surface area contributed by atoms with Crippen molar-refractivity contribution < 1.29 is 33.8 Å². The Labute approximate surface area is 285 Å². The molecule has 1 saturated heterocycles. The maximum atomic E-state index is 14.3. The lowest BCUT2D eigenvalue weighted by molar-refractivity contribution is -0.145. The van der Waals surface area contributed by atoms with E-state index in [0.717, 1.165) is 24.8 Å². The predicted octanol–water partition coefficient (Wildman–Crippen LogP) is 5.02. The molecular formula is C37H43N5O7. The van der Waals surface area contributed by atoms with Gasteiger partial charge in [-0.25, -0.2) is 19.6 Å². The molecule has 1 aromatic heterocycles. The smallest absolute Gasteiger partial charge is 0.408 e. The van der Waals surface area contributed by atoms with Crippen molar-refractivity contribution in [3.05, 3.63) is 66.7 Å². The number of rotatable bonds is 5. The number of nitrogens with zero attached hydrogens (tertiary/aromatic N) is 3. The fourth-order valence-corrected chi connectivity index (χ4v) is 6.60. The van der Waals surface area contributed by atoms with Gasteiger partial charge in [0.05, 0.1) is 17.6 Å². The lowest BCUT2D eigenvalue weighted by atomic mass is 10.0. The number of carbonyl (C=O) groups is 4. The van der Waals surface area contributed by atoms with Crippen molar-refractivity contribution in [1.82, 2.24) is 25.5 Å². The van der Waals surface area contributed by atoms with Gasteiger partial charge in [-0.05, 0) is 58.6 Å². The number of carboxylic acid groups (broad SMARTS) is 1. The second-order valence-electron chi connectivity index (χ2n) is 14.1. The second-order valence-corrected chi connectivity index (χ2v) is 14.1. The van der Waals surface area contributed by atoms with Crippen molar-refractivity contribution in [2.24, 2.45) is 5.92 Å². The third-order valence-electron chi connectivity index (χ3n) is 9.18. The van der Waals surface area contributed by atoms with Gasteiger partial charge in [0, 0.05) is 17.9 Å². The molecular weight excluding hydrogens is 626 g/mol. The number of carbonyl (C=O) groups excluding carboxylic acids is 3. The Morgan fingerprint density at radius 2 is 1.71 bits per heavy atom. The quantitative estimate of drug-likeness (QED) is 0.317. The molecule has 0 radical (unpaired) electrons. The van der Waals surface area contributed by atoms with Gasteiger partial charge in [0.15, 0.2) is 0 Å². The zero-order valence-corrected chi connectivity index (χ0v) is 28.1. The number of amides is 3. The maximum absolute atomic E-state index is 14.3. The number of nitrogens with one attached hydrogen (secondary N) is 2. The van der Waals surface area contributed by atoms with Gasteiger partial charge in [0.25, 0.3) is 0 Å². The van der Waals surface area contributed by atoms with Crippen LogP contribution in [0.3, 0.4) is 0 Å². The SMILES string of the molecule is CC(C)(C)OC(=O)N[C@@H]1CCCCC/C=C\C2CC2(C(=O)O)NC(=O)C2C[C@@H](Oc3nc4ccccc4nc3-c3ccccc3)CN2C1=O.